The van der Waals surface area contributed by atoms with Crippen LogP contribution in [0.3, 0.4) is 0 Å². The van der Waals surface area contributed by atoms with E-state index in [-0.39, 0.29) is 25.9 Å². The van der Waals surface area contributed by atoms with Crippen molar-refractivity contribution < 1.29 is 0 Å². The summed E-state index contributed by atoms with van der Waals surface area (Å²) in [6, 6.07) is 7.88. The molecule has 7 heteroatoms. The summed E-state index contributed by atoms with van der Waals surface area (Å²) in [6.07, 6.45) is 0. The zero-order chi connectivity index (χ0) is 15.1. The van der Waals surface area contributed by atoms with E-state index in [2.05, 4.69) is 15.2 Å². The van der Waals surface area contributed by atoms with Gasteiger partial charge in [-0.05, 0) is 34.4 Å². The first-order chi connectivity index (χ1) is 9.43. The summed E-state index contributed by atoms with van der Waals surface area (Å²) < 4.78 is 0.881. The molecule has 0 saturated heterocycles. The van der Waals surface area contributed by atoms with Crippen molar-refractivity contribution in [3.05, 3.63) is 29.7 Å². The molecule has 110 valence electrons. The van der Waals surface area contributed by atoms with Crippen LogP contribution in [0, 0.1) is 0 Å². The maximum absolute atomic E-state index is 9.72. The first kappa shape index (κ1) is 17.1. The Morgan fingerprint density at radius 1 is 1.15 bits per heavy atom. The quantitative estimate of drug-likeness (QED) is 0.253. The van der Waals surface area contributed by atoms with Crippen LogP contribution in [-0.4, -0.2) is 46.2 Å². The van der Waals surface area contributed by atoms with Crippen LogP contribution in [0.5, 0.6) is 0 Å². The van der Waals surface area contributed by atoms with Crippen LogP contribution >= 0.6 is 32.5 Å². The third kappa shape index (κ3) is 5.58. The van der Waals surface area contributed by atoms with Crippen LogP contribution in [-0.2, 0) is 0 Å². The number of anilines is 1. The molecule has 1 aromatic rings. The molecule has 0 unspecified atom stereocenters. The largest absolute Gasteiger partial charge is 0.469 e. The molecule has 0 aliphatic rings. The van der Waals surface area contributed by atoms with E-state index in [1.165, 1.54) is 11.8 Å². The third-order valence-corrected chi connectivity index (χ3v) is 5.96. The Morgan fingerprint density at radius 3 is 2.20 bits per heavy atom. The van der Waals surface area contributed by atoms with Crippen LogP contribution in [0.1, 0.15) is 0 Å². The predicted molar refractivity (Wildman–Crippen MR) is 99.9 cm³/mol. The van der Waals surface area contributed by atoms with Gasteiger partial charge in [-0.25, -0.2) is 0 Å². The first-order valence-electron chi connectivity index (χ1n) is 5.90. The van der Waals surface area contributed by atoms with Crippen molar-refractivity contribution in [3.8, 4) is 0 Å². The smallest absolute Gasteiger partial charge is 0.151 e. The standard InChI is InChI=1S/C13H19IN5S/c1-14-12(20-13(15)19(4)5)17-16-10-6-8-11(9-7-10)18(2)3/h6-9H,1-5H3/q-1. The molecule has 0 N–H and O–H groups in total. The van der Waals surface area contributed by atoms with Crippen molar-refractivity contribution in [1.82, 2.24) is 4.90 Å². The van der Waals surface area contributed by atoms with Crippen LogP contribution in [0.2, 0.25) is 0 Å². The summed E-state index contributed by atoms with van der Waals surface area (Å²) >= 11 is 1.05. The molecule has 0 fully saturated rings. The Labute approximate surface area is 134 Å². The van der Waals surface area contributed by atoms with E-state index in [1.54, 1.807) is 19.0 Å². The van der Waals surface area contributed by atoms with Crippen molar-refractivity contribution in [1.29, 1.82) is 0 Å². The molecule has 0 amide bonds. The van der Waals surface area contributed by atoms with E-state index < -0.39 is 0 Å². The fraction of sp³-hybridized carbons (Fsp3) is 0.385. The number of hydrogen-bond acceptors (Lipinski definition) is 4. The highest BCUT2D eigenvalue weighted by Crippen LogP contribution is 2.21. The zero-order valence-corrected chi connectivity index (χ0v) is 15.3. The second kappa shape index (κ2) is 8.35. The first-order valence-corrected chi connectivity index (χ1v) is 9.96. The number of amidine groups is 1. The van der Waals surface area contributed by atoms with Gasteiger partial charge in [-0.15, -0.1) is 10.2 Å². The molecular formula is C13H19IN5S-. The fourth-order valence-corrected chi connectivity index (χ4v) is 3.24. The molecule has 0 atom stereocenters. The van der Waals surface area contributed by atoms with Crippen molar-refractivity contribution in [2.45, 2.75) is 0 Å². The van der Waals surface area contributed by atoms with Crippen molar-refractivity contribution in [2.24, 2.45) is 10.2 Å². The van der Waals surface area contributed by atoms with Gasteiger partial charge in [-0.1, -0.05) is 46.6 Å². The van der Waals surface area contributed by atoms with Gasteiger partial charge in [0.1, 0.15) is 0 Å². The molecule has 0 spiro atoms. The second-order valence-corrected chi connectivity index (χ2v) is 8.12. The number of hydrogen-bond donors (Lipinski definition) is 0. The normalized spacial score (nSPS) is 12.2. The summed E-state index contributed by atoms with van der Waals surface area (Å²) in [4.78, 5) is 5.79. The third-order valence-electron chi connectivity index (χ3n) is 2.33. The Balaban J connectivity index is 2.72. The highest BCUT2D eigenvalue weighted by molar-refractivity contribution is 14.2. The van der Waals surface area contributed by atoms with E-state index in [9.17, 15) is 5.41 Å². The van der Waals surface area contributed by atoms with Gasteiger partial charge in [0.05, 0.1) is 5.69 Å². The fourth-order valence-electron chi connectivity index (χ4n) is 1.18. The summed E-state index contributed by atoms with van der Waals surface area (Å²) in [5, 5.41) is 18.4. The lowest BCUT2D eigenvalue weighted by atomic mass is 10.3. The average Bonchev–Trinajstić information content (AvgIpc) is 2.43. The van der Waals surface area contributed by atoms with Crippen LogP contribution in [0.25, 0.3) is 5.41 Å². The highest BCUT2D eigenvalue weighted by atomic mass is 127. The van der Waals surface area contributed by atoms with Gasteiger partial charge >= 0.3 is 0 Å². The van der Waals surface area contributed by atoms with E-state index in [4.69, 9.17) is 0 Å². The minimum absolute atomic E-state index is 0.229. The van der Waals surface area contributed by atoms with E-state index in [0.29, 0.717) is 0 Å². The molecule has 0 saturated carbocycles. The summed E-state index contributed by atoms with van der Waals surface area (Å²) in [5.41, 5.74) is 1.94. The Kier molecular flexibility index (Phi) is 7.14. The van der Waals surface area contributed by atoms with Crippen LogP contribution in [0.15, 0.2) is 34.5 Å². The number of rotatable bonds is 4. The highest BCUT2D eigenvalue weighted by Gasteiger charge is 1.99. The lowest BCUT2D eigenvalue weighted by Crippen LogP contribution is -2.17. The van der Waals surface area contributed by atoms with Crippen molar-refractivity contribution >= 4 is 52.0 Å². The molecule has 0 aromatic heterocycles. The van der Waals surface area contributed by atoms with E-state index in [1.807, 2.05) is 43.3 Å². The number of nitrogens with zero attached hydrogens (tertiary/aromatic N) is 5. The summed E-state index contributed by atoms with van der Waals surface area (Å²) in [5.74, 6) is 0. The van der Waals surface area contributed by atoms with Crippen molar-refractivity contribution in [3.63, 3.8) is 0 Å². The number of thioether (sulfide) groups is 1. The molecule has 0 aliphatic carbocycles. The molecule has 5 nitrogen and oxygen atoms in total. The number of alkyl halides is 1. The Bertz CT molecular complexity index is 508. The van der Waals surface area contributed by atoms with Crippen LogP contribution < -0.4 is 4.90 Å². The lowest BCUT2D eigenvalue weighted by Gasteiger charge is -2.21. The Hall–Kier alpha value is -0.960. The number of azo groups is 1. The summed E-state index contributed by atoms with van der Waals surface area (Å²) in [6.45, 7) is 0. The Morgan fingerprint density at radius 2 is 1.75 bits per heavy atom. The van der Waals surface area contributed by atoms with Gasteiger partial charge in [-0.2, -0.15) is 0 Å². The maximum Gasteiger partial charge on any atom is 0.151 e. The molecule has 1 rings (SSSR count). The molecule has 0 aliphatic heterocycles. The van der Waals surface area contributed by atoms with Crippen LogP contribution in [0.4, 0.5) is 11.4 Å². The predicted octanol–water partition coefficient (Wildman–Crippen LogP) is 3.74. The van der Waals surface area contributed by atoms with Gasteiger partial charge in [0.25, 0.3) is 0 Å². The minimum atomic E-state index is -0.229. The lowest BCUT2D eigenvalue weighted by molar-refractivity contribution is 0.644. The number of halogens is 1. The molecule has 0 bridgehead atoms. The zero-order valence-electron chi connectivity index (χ0n) is 12.3. The maximum atomic E-state index is 9.72. The van der Waals surface area contributed by atoms with Gasteiger partial charge in [0.15, 0.2) is 2.96 Å². The molecule has 20 heavy (non-hydrogen) atoms. The van der Waals surface area contributed by atoms with Crippen molar-refractivity contribution in [2.75, 3.05) is 38.0 Å². The SMILES string of the molecule is CI=C(N=Nc1ccc(N(C)C)cc1)SC(=[N-])N(C)C. The molecule has 1 aromatic carbocycles. The molecular weight excluding hydrogens is 385 g/mol. The van der Waals surface area contributed by atoms with E-state index in [0.717, 1.165) is 14.3 Å². The molecule has 0 heterocycles. The summed E-state index contributed by atoms with van der Waals surface area (Å²) in [7, 11) is 7.59. The molecule has 0 radical (unpaired) electrons. The van der Waals surface area contributed by atoms with Gasteiger partial charge in [0.2, 0.25) is 0 Å². The topological polar surface area (TPSA) is 53.5 Å². The van der Waals surface area contributed by atoms with Gasteiger partial charge in [0, 0.05) is 19.8 Å². The van der Waals surface area contributed by atoms with Gasteiger partial charge in [-0.3, -0.25) is 0 Å². The minimum Gasteiger partial charge on any atom is -0.469 e. The monoisotopic (exact) mass is 404 g/mol. The number of benzene rings is 1. The average molecular weight is 404 g/mol. The van der Waals surface area contributed by atoms with Gasteiger partial charge < -0.3 is 15.2 Å². The second-order valence-electron chi connectivity index (χ2n) is 4.33. The van der Waals surface area contributed by atoms with E-state index >= 15 is 0 Å².